The number of esters is 2. The van der Waals surface area contributed by atoms with Crippen molar-refractivity contribution in [2.24, 2.45) is 11.3 Å². The van der Waals surface area contributed by atoms with Gasteiger partial charge in [0.1, 0.15) is 13.2 Å². The monoisotopic (exact) mass is 987 g/mol. The third-order valence-electron chi connectivity index (χ3n) is 15.8. The number of carbonyl (C=O) groups is 2. The Morgan fingerprint density at radius 1 is 0.371 bits per heavy atom. The largest absolute Gasteiger partial charge is 0.465 e. The van der Waals surface area contributed by atoms with Gasteiger partial charge in [-0.15, -0.1) is 0 Å². The lowest BCUT2D eigenvalue weighted by molar-refractivity contribution is -0.155. The normalized spacial score (nSPS) is 15.3. The number of rotatable bonds is 55. The van der Waals surface area contributed by atoms with Crippen LogP contribution in [-0.2, 0) is 19.1 Å². The van der Waals surface area contributed by atoms with Gasteiger partial charge in [0.15, 0.2) is 0 Å². The van der Waals surface area contributed by atoms with E-state index in [1.54, 1.807) is 0 Å². The fourth-order valence-electron chi connectivity index (χ4n) is 10.6. The Labute approximate surface area is 436 Å². The SMILES string of the molecule is CCCCCCCCCCCCCCCCCCCCCCCCCCCCCCCCC/C=C/CCCCCCCCCCCCCCCCCCCCC1CC(=O)OCC(CO)(CO)COC1=O. The predicted octanol–water partition coefficient (Wildman–Crippen LogP) is 19.9. The summed E-state index contributed by atoms with van der Waals surface area (Å²) in [6, 6.07) is 0. The number of allylic oxidation sites excluding steroid dienone is 2. The first-order chi connectivity index (χ1) is 34.6. The van der Waals surface area contributed by atoms with Crippen LogP contribution in [0.2, 0.25) is 0 Å². The molecular weight excluding hydrogens is 865 g/mol. The number of aliphatic hydroxyl groups is 2. The second-order valence-electron chi connectivity index (χ2n) is 22.8. The molecule has 0 aliphatic carbocycles. The number of ether oxygens (including phenoxy) is 2. The van der Waals surface area contributed by atoms with Crippen molar-refractivity contribution >= 4 is 11.9 Å². The second kappa shape index (κ2) is 53.9. The Hall–Kier alpha value is -1.40. The number of aliphatic hydroxyl groups excluding tert-OH is 2. The Bertz CT molecular complexity index is 1100. The molecule has 414 valence electrons. The van der Waals surface area contributed by atoms with Crippen molar-refractivity contribution in [1.82, 2.24) is 0 Å². The molecule has 1 fully saturated rings. The number of unbranched alkanes of at least 4 members (excludes halogenated alkanes) is 49. The Morgan fingerprint density at radius 3 is 0.886 bits per heavy atom. The molecule has 1 aliphatic rings. The molecule has 0 aromatic carbocycles. The molecule has 0 aromatic rings. The average molecular weight is 988 g/mol. The van der Waals surface area contributed by atoms with E-state index in [1.807, 2.05) is 0 Å². The van der Waals surface area contributed by atoms with Crippen LogP contribution in [0.4, 0.5) is 0 Å². The van der Waals surface area contributed by atoms with Crippen molar-refractivity contribution in [3.63, 3.8) is 0 Å². The standard InChI is InChI=1S/C64H122O6/c1-2-3-4-5-6-7-8-9-10-11-12-13-14-15-16-17-18-19-20-21-22-23-24-25-26-27-28-29-30-31-32-33-34-35-36-37-38-39-40-41-42-43-44-45-46-47-48-49-50-51-52-53-54-55-61-56-62(67)69-59-64(57-65,58-66)60-70-63(61)68/h34-35,61,65-66H,2-33,36-60H2,1H3/b35-34+. The summed E-state index contributed by atoms with van der Waals surface area (Å²) < 4.78 is 10.6. The van der Waals surface area contributed by atoms with Gasteiger partial charge in [-0.05, 0) is 32.1 Å². The number of hydrogen-bond donors (Lipinski definition) is 2. The number of cyclic esters (lactones) is 2. The van der Waals surface area contributed by atoms with E-state index in [9.17, 15) is 19.8 Å². The molecule has 1 unspecified atom stereocenters. The Kier molecular flexibility index (Phi) is 51.3. The Morgan fingerprint density at radius 2 is 0.614 bits per heavy atom. The lowest BCUT2D eigenvalue weighted by atomic mass is 9.92. The van der Waals surface area contributed by atoms with E-state index in [0.29, 0.717) is 6.42 Å². The highest BCUT2D eigenvalue weighted by Gasteiger charge is 2.36. The molecule has 0 bridgehead atoms. The molecule has 6 heteroatoms. The van der Waals surface area contributed by atoms with Crippen LogP contribution in [-0.4, -0.2) is 48.6 Å². The fourth-order valence-corrected chi connectivity index (χ4v) is 10.6. The van der Waals surface area contributed by atoms with Crippen LogP contribution in [0.5, 0.6) is 0 Å². The summed E-state index contributed by atoms with van der Waals surface area (Å²) in [6.07, 6.45) is 77.2. The zero-order valence-electron chi connectivity index (χ0n) is 47.1. The van der Waals surface area contributed by atoms with Gasteiger partial charge in [0, 0.05) is 0 Å². The topological polar surface area (TPSA) is 93.1 Å². The van der Waals surface area contributed by atoms with E-state index in [0.717, 1.165) is 19.3 Å². The van der Waals surface area contributed by atoms with Crippen LogP contribution >= 0.6 is 0 Å². The van der Waals surface area contributed by atoms with Crippen LogP contribution in [0.25, 0.3) is 0 Å². The Balaban J connectivity index is 1.69. The first kappa shape index (κ1) is 66.6. The molecule has 70 heavy (non-hydrogen) atoms. The van der Waals surface area contributed by atoms with Gasteiger partial charge in [-0.3, -0.25) is 9.59 Å². The van der Waals surface area contributed by atoms with Gasteiger partial charge in [0.2, 0.25) is 0 Å². The zero-order chi connectivity index (χ0) is 50.4. The summed E-state index contributed by atoms with van der Waals surface area (Å²) >= 11 is 0. The number of hydrogen-bond acceptors (Lipinski definition) is 6. The van der Waals surface area contributed by atoms with Crippen LogP contribution < -0.4 is 0 Å². The molecule has 1 aliphatic heterocycles. The van der Waals surface area contributed by atoms with Crippen molar-refractivity contribution in [3.8, 4) is 0 Å². The minimum atomic E-state index is -1.12. The molecule has 0 spiro atoms. The highest BCUT2D eigenvalue weighted by molar-refractivity contribution is 5.80. The van der Waals surface area contributed by atoms with Crippen molar-refractivity contribution in [2.75, 3.05) is 26.4 Å². The fraction of sp³-hybridized carbons (Fsp3) is 0.938. The molecular formula is C64H122O6. The van der Waals surface area contributed by atoms with Gasteiger partial charge < -0.3 is 19.7 Å². The van der Waals surface area contributed by atoms with E-state index in [4.69, 9.17) is 9.47 Å². The highest BCUT2D eigenvalue weighted by Crippen LogP contribution is 2.25. The minimum absolute atomic E-state index is 0.00376. The first-order valence-electron chi connectivity index (χ1n) is 31.8. The van der Waals surface area contributed by atoms with Crippen LogP contribution in [0.15, 0.2) is 12.2 Å². The second-order valence-corrected chi connectivity index (χ2v) is 22.8. The van der Waals surface area contributed by atoms with E-state index < -0.39 is 36.5 Å². The van der Waals surface area contributed by atoms with E-state index in [-0.39, 0.29) is 19.6 Å². The molecule has 0 radical (unpaired) electrons. The quantitative estimate of drug-likeness (QED) is 0.0358. The summed E-state index contributed by atoms with van der Waals surface area (Å²) in [5.41, 5.74) is -1.12. The maximum atomic E-state index is 12.5. The van der Waals surface area contributed by atoms with Gasteiger partial charge in [-0.25, -0.2) is 0 Å². The molecule has 1 atom stereocenters. The third-order valence-corrected chi connectivity index (χ3v) is 15.8. The van der Waals surface area contributed by atoms with Crippen molar-refractivity contribution in [3.05, 3.63) is 12.2 Å². The summed E-state index contributed by atoms with van der Waals surface area (Å²) in [4.78, 5) is 24.7. The first-order valence-corrected chi connectivity index (χ1v) is 31.8. The lowest BCUT2D eigenvalue weighted by Crippen LogP contribution is -2.40. The number of carbonyl (C=O) groups excluding carboxylic acids is 2. The van der Waals surface area contributed by atoms with Gasteiger partial charge in [-0.2, -0.15) is 0 Å². The molecule has 0 amide bonds. The van der Waals surface area contributed by atoms with E-state index >= 15 is 0 Å². The van der Waals surface area contributed by atoms with Gasteiger partial charge >= 0.3 is 11.9 Å². The van der Waals surface area contributed by atoms with Gasteiger partial charge in [0.05, 0.1) is 31.0 Å². The van der Waals surface area contributed by atoms with Gasteiger partial charge in [0.25, 0.3) is 0 Å². The lowest BCUT2D eigenvalue weighted by Gasteiger charge is -2.27. The molecule has 2 N–H and O–H groups in total. The maximum absolute atomic E-state index is 12.5. The van der Waals surface area contributed by atoms with E-state index in [2.05, 4.69) is 19.1 Å². The summed E-state index contributed by atoms with van der Waals surface area (Å²) in [7, 11) is 0. The molecule has 6 nitrogen and oxygen atoms in total. The summed E-state index contributed by atoms with van der Waals surface area (Å²) in [5.74, 6) is -1.40. The summed E-state index contributed by atoms with van der Waals surface area (Å²) in [5, 5.41) is 19.2. The molecule has 1 saturated heterocycles. The average Bonchev–Trinajstić information content (AvgIpc) is 3.43. The molecule has 1 rings (SSSR count). The minimum Gasteiger partial charge on any atom is -0.465 e. The van der Waals surface area contributed by atoms with Crippen molar-refractivity contribution in [1.29, 1.82) is 0 Å². The molecule has 0 aromatic heterocycles. The van der Waals surface area contributed by atoms with E-state index in [1.165, 1.54) is 308 Å². The van der Waals surface area contributed by atoms with Crippen molar-refractivity contribution in [2.45, 2.75) is 347 Å². The van der Waals surface area contributed by atoms with Gasteiger partial charge in [-0.1, -0.05) is 321 Å². The maximum Gasteiger partial charge on any atom is 0.309 e. The predicted molar refractivity (Wildman–Crippen MR) is 302 cm³/mol. The van der Waals surface area contributed by atoms with Crippen LogP contribution in [0.1, 0.15) is 347 Å². The van der Waals surface area contributed by atoms with Crippen LogP contribution in [0, 0.1) is 11.3 Å². The zero-order valence-corrected chi connectivity index (χ0v) is 47.1. The molecule has 1 heterocycles. The smallest absolute Gasteiger partial charge is 0.309 e. The van der Waals surface area contributed by atoms with Crippen molar-refractivity contribution < 1.29 is 29.3 Å². The highest BCUT2D eigenvalue weighted by atomic mass is 16.6. The third kappa shape index (κ3) is 45.2. The summed E-state index contributed by atoms with van der Waals surface area (Å²) in [6.45, 7) is 1.21. The van der Waals surface area contributed by atoms with Crippen LogP contribution in [0.3, 0.4) is 0 Å². The molecule has 0 saturated carbocycles.